The SMILES string of the molecule is C1=CC[C@@H](c2cccnc2)NC1.CC(C)CCC[C@@H](C)[C@H]1CC[C@H]2[C@@H]3CC=C4C[C@@H](O)CC[C@]4(C)[C@H]3CC[C@]12C.CN1CC(=O)NC1=N.Cl.O=C[C@H](O)[C@@H](O)[C@H](O)[C@H](O)CO.P.[Ca+2].[H-].[H-].[H-].[K+]. The molecule has 0 spiro atoms. The van der Waals surface area contributed by atoms with Gasteiger partial charge in [0.25, 0.3) is 0 Å². The number of nitrogens with one attached hydrogen (secondary N) is 3. The molecule has 0 radical (unpaired) electrons. The molecule has 0 bridgehead atoms. The van der Waals surface area contributed by atoms with Gasteiger partial charge in [0.05, 0.1) is 19.3 Å². The van der Waals surface area contributed by atoms with Gasteiger partial charge in [0.15, 0.2) is 12.2 Å². The fraction of sp³-hybridized carbons (Fsp3) is 0.745. The Bertz CT molecular complexity index is 1620. The van der Waals surface area contributed by atoms with E-state index in [0.717, 1.165) is 61.3 Å². The molecule has 0 aromatic carbocycles. The largest absolute Gasteiger partial charge is 2.00 e. The molecule has 1 unspecified atom stereocenters. The van der Waals surface area contributed by atoms with E-state index in [9.17, 15) is 14.7 Å². The van der Waals surface area contributed by atoms with Crippen LogP contribution in [-0.4, -0.2) is 154 Å². The van der Waals surface area contributed by atoms with Gasteiger partial charge in [0.2, 0.25) is 5.91 Å². The van der Waals surface area contributed by atoms with Crippen LogP contribution in [0.15, 0.2) is 48.3 Å². The van der Waals surface area contributed by atoms with Crippen LogP contribution in [0, 0.1) is 51.7 Å². The molecule has 4 fully saturated rings. The minimum atomic E-state index is -1.79. The van der Waals surface area contributed by atoms with Crippen LogP contribution >= 0.6 is 22.3 Å². The number of aliphatic hydroxyl groups is 6. The van der Waals surface area contributed by atoms with E-state index in [1.807, 2.05) is 18.5 Å². The summed E-state index contributed by atoms with van der Waals surface area (Å²) in [5, 5.41) is 66.5. The Morgan fingerprint density at radius 2 is 1.72 bits per heavy atom. The number of rotatable bonds is 11. The summed E-state index contributed by atoms with van der Waals surface area (Å²) in [7, 11) is 1.69. The number of nitrogens with zero attached hydrogens (tertiary/aromatic N) is 2. The molecule has 1 aromatic heterocycles. The van der Waals surface area contributed by atoms with E-state index in [-0.39, 0.29) is 140 Å². The van der Waals surface area contributed by atoms with Gasteiger partial charge in [-0.2, -0.15) is 9.90 Å². The summed E-state index contributed by atoms with van der Waals surface area (Å²) >= 11 is 0. The maximum atomic E-state index is 10.4. The Morgan fingerprint density at radius 3 is 2.25 bits per heavy atom. The number of carbonyl (C=O) groups excluding carboxylic acids is 2. The second-order valence-electron chi connectivity index (χ2n) is 19.3. The van der Waals surface area contributed by atoms with Gasteiger partial charge in [-0.3, -0.25) is 20.5 Å². The summed E-state index contributed by atoms with van der Waals surface area (Å²) in [5.74, 6) is 5.55. The van der Waals surface area contributed by atoms with Crippen molar-refractivity contribution in [2.75, 3.05) is 26.7 Å². The summed E-state index contributed by atoms with van der Waals surface area (Å²) < 4.78 is 0. The first-order valence-electron chi connectivity index (χ1n) is 22.5. The molecule has 1 saturated heterocycles. The maximum Gasteiger partial charge on any atom is 2.00 e. The molecule has 2 aliphatic heterocycles. The minimum absolute atomic E-state index is 0. The van der Waals surface area contributed by atoms with Crippen molar-refractivity contribution in [3.05, 3.63) is 53.9 Å². The number of fused-ring (bicyclic) bond motifs is 5. The zero-order chi connectivity index (χ0) is 44.2. The van der Waals surface area contributed by atoms with Crippen LogP contribution in [0.2, 0.25) is 0 Å². The molecular formula is C47H84CaClKN5O8P. The minimum Gasteiger partial charge on any atom is -1.00 e. The summed E-state index contributed by atoms with van der Waals surface area (Å²) in [6.07, 6.45) is 19.5. The quantitative estimate of drug-likeness (QED) is 0.0677. The molecule has 360 valence electrons. The van der Waals surface area contributed by atoms with Gasteiger partial charge in [-0.1, -0.05) is 83.7 Å². The van der Waals surface area contributed by atoms with Crippen molar-refractivity contribution in [1.29, 1.82) is 5.41 Å². The number of pyridine rings is 1. The van der Waals surface area contributed by atoms with Gasteiger partial charge < -0.3 is 49.9 Å². The molecular weight excluding hydrogens is 908 g/mol. The van der Waals surface area contributed by atoms with Crippen molar-refractivity contribution in [2.45, 2.75) is 148 Å². The molecule has 6 aliphatic rings. The second-order valence-corrected chi connectivity index (χ2v) is 19.3. The predicted molar refractivity (Wildman–Crippen MR) is 261 cm³/mol. The number of hydrogen-bond acceptors (Lipinski definition) is 11. The van der Waals surface area contributed by atoms with E-state index >= 15 is 0 Å². The maximum absolute atomic E-state index is 10.4. The molecule has 1 aromatic rings. The fourth-order valence-corrected chi connectivity index (χ4v) is 11.3. The smallest absolute Gasteiger partial charge is 1.00 e. The third-order valence-electron chi connectivity index (χ3n) is 14.8. The molecule has 64 heavy (non-hydrogen) atoms. The number of guanidine groups is 1. The molecule has 9 N–H and O–H groups in total. The van der Waals surface area contributed by atoms with Crippen molar-refractivity contribution in [3.63, 3.8) is 0 Å². The topological polar surface area (TPSA) is 220 Å². The Morgan fingerprint density at radius 1 is 1.02 bits per heavy atom. The predicted octanol–water partition coefficient (Wildman–Crippen LogP) is 2.11. The average molecular weight is 993 g/mol. The number of hydrogen-bond donors (Lipinski definition) is 9. The Balaban J connectivity index is -0.000000431. The van der Waals surface area contributed by atoms with Crippen LogP contribution in [0.25, 0.3) is 0 Å². The summed E-state index contributed by atoms with van der Waals surface area (Å²) in [4.78, 5) is 25.9. The summed E-state index contributed by atoms with van der Waals surface area (Å²) in [5.41, 5.74) is 3.88. The molecule has 14 atom stereocenters. The van der Waals surface area contributed by atoms with Gasteiger partial charge in [-0.05, 0) is 116 Å². The van der Waals surface area contributed by atoms with E-state index in [1.54, 1.807) is 17.5 Å². The zero-order valence-corrected chi connectivity index (χ0v) is 47.4. The standard InChI is InChI=1S/C27H46O.C10H12N2.C6H12O6.C4H7N3O.Ca.ClH.K.H3P.3H/c1-18(2)7-6-8-19(3)23-11-12-24-22-10-9-20-17-21(28)13-15-26(20,4)25(22)14-16-27(23,24)5;1-2-7-12-10(5-1)9-4-3-6-11-8-9;7-1-3(9)5(11)6(12)4(10)2-8;1-7-2-3(8)6-4(7)5;;;;;;;/h9,18-19,21-25,28H,6-8,10-17H2,1-5H3;1-4,6,8,10,12H,5,7H2;1,3-6,8-12H,2H2;2H2,1H3,(H2,5,6,8);;1H;;1H3;;;/q;;;;+2;;+1;;3*-1/t19-,21+,22+,23-,24+,25+,26+,27-;10-;3-,4+,5+,6+;;;;;;;;/m100......../s1. The number of allylic oxidation sites excluding steroid dienone is 1. The van der Waals surface area contributed by atoms with Crippen molar-refractivity contribution in [3.8, 4) is 0 Å². The van der Waals surface area contributed by atoms with Crippen LogP contribution in [-0.2, 0) is 9.59 Å². The average Bonchev–Trinajstić information content (AvgIpc) is 3.76. The van der Waals surface area contributed by atoms with Crippen molar-refractivity contribution < 1.29 is 95.9 Å². The Hall–Kier alpha value is 0.576. The number of carbonyl (C=O) groups is 2. The molecule has 7 rings (SSSR count). The van der Waals surface area contributed by atoms with Crippen LogP contribution in [0.5, 0.6) is 0 Å². The van der Waals surface area contributed by atoms with E-state index in [0.29, 0.717) is 23.4 Å². The first kappa shape index (κ1) is 64.6. The van der Waals surface area contributed by atoms with Gasteiger partial charge in [0.1, 0.15) is 24.4 Å². The van der Waals surface area contributed by atoms with E-state index in [4.69, 9.17) is 30.9 Å². The number of aldehydes is 1. The van der Waals surface area contributed by atoms with E-state index in [2.05, 4.69) is 74.5 Å². The summed E-state index contributed by atoms with van der Waals surface area (Å²) in [6.45, 7) is 13.1. The number of aliphatic hydroxyl groups excluding tert-OH is 6. The van der Waals surface area contributed by atoms with Crippen LogP contribution in [0.3, 0.4) is 0 Å². The van der Waals surface area contributed by atoms with Crippen LogP contribution < -0.4 is 62.0 Å². The number of halogens is 1. The molecule has 3 heterocycles. The third-order valence-corrected chi connectivity index (χ3v) is 14.8. The second kappa shape index (κ2) is 31.0. The van der Waals surface area contributed by atoms with Crippen LogP contribution in [0.1, 0.15) is 128 Å². The monoisotopic (exact) mass is 992 g/mol. The van der Waals surface area contributed by atoms with Gasteiger partial charge in [0, 0.05) is 32.0 Å². The summed E-state index contributed by atoms with van der Waals surface area (Å²) in [6, 6.07) is 4.56. The molecule has 4 aliphatic carbocycles. The normalized spacial score (nSPS) is 31.0. The third kappa shape index (κ3) is 17.5. The molecule has 3 saturated carbocycles. The first-order valence-corrected chi connectivity index (χ1v) is 22.5. The van der Waals surface area contributed by atoms with Gasteiger partial charge >= 0.3 is 89.1 Å². The Kier molecular flexibility index (Phi) is 31.3. The van der Waals surface area contributed by atoms with Gasteiger partial charge in [-0.15, -0.1) is 12.4 Å². The van der Waals surface area contributed by atoms with Crippen LogP contribution in [0.4, 0.5) is 0 Å². The van der Waals surface area contributed by atoms with E-state index < -0.39 is 31.0 Å². The fourth-order valence-electron chi connectivity index (χ4n) is 11.3. The number of likely N-dealkylation sites (N-methyl/N-ethyl adjacent to an activating group) is 1. The zero-order valence-electron chi connectivity index (χ0n) is 42.9. The van der Waals surface area contributed by atoms with Crippen molar-refractivity contribution in [1.82, 2.24) is 20.5 Å². The molecule has 13 nitrogen and oxygen atoms in total. The number of amides is 1. The Labute approximate surface area is 470 Å². The van der Waals surface area contributed by atoms with E-state index in [1.165, 1.54) is 63.4 Å². The van der Waals surface area contributed by atoms with Crippen molar-refractivity contribution in [2.24, 2.45) is 46.3 Å². The first-order chi connectivity index (χ1) is 28.5. The number of aromatic nitrogens is 1. The molecule has 1 amide bonds. The van der Waals surface area contributed by atoms with Gasteiger partial charge in [-0.25, -0.2) is 0 Å². The molecule has 17 heteroatoms. The van der Waals surface area contributed by atoms with Crippen molar-refractivity contribution >= 4 is 78.2 Å².